The van der Waals surface area contributed by atoms with Crippen LogP contribution in [0.3, 0.4) is 0 Å². The van der Waals surface area contributed by atoms with Crippen LogP contribution in [0.15, 0.2) is 77.7 Å². The predicted octanol–water partition coefficient (Wildman–Crippen LogP) is 5.38. The number of unbranched alkanes of at least 4 members (excludes halogenated alkanes) is 2. The number of hydrogen-bond acceptors (Lipinski definition) is 5. The van der Waals surface area contributed by atoms with E-state index >= 15 is 0 Å². The number of carbonyl (C=O) groups excluding carboxylic acids is 2. The fraction of sp³-hybridized carbons (Fsp3) is 0.310. The van der Waals surface area contributed by atoms with E-state index in [-0.39, 0.29) is 35.4 Å². The van der Waals surface area contributed by atoms with Gasteiger partial charge in [-0.1, -0.05) is 43.5 Å². The molecule has 1 atom stereocenters. The molecule has 0 heterocycles. The van der Waals surface area contributed by atoms with E-state index in [1.165, 1.54) is 41.3 Å². The minimum Gasteiger partial charge on any atom is -0.484 e. The zero-order valence-electron chi connectivity index (χ0n) is 22.4. The molecule has 3 aromatic rings. The SMILES string of the molecule is CCCCCNC(=O)C(C)N(Cc1ccc(Cl)cc1)C(=O)COc1ccc(S(=O)(=O)Nc2ccc(F)cc2)cc1. The molecule has 40 heavy (non-hydrogen) atoms. The summed E-state index contributed by atoms with van der Waals surface area (Å²) in [4.78, 5) is 27.4. The van der Waals surface area contributed by atoms with Gasteiger partial charge in [-0.15, -0.1) is 0 Å². The first-order valence-corrected chi connectivity index (χ1v) is 14.8. The van der Waals surface area contributed by atoms with Crippen molar-refractivity contribution in [3.8, 4) is 5.75 Å². The van der Waals surface area contributed by atoms with Crippen LogP contribution >= 0.6 is 11.6 Å². The molecule has 0 aliphatic heterocycles. The highest BCUT2D eigenvalue weighted by atomic mass is 35.5. The van der Waals surface area contributed by atoms with Crippen LogP contribution in [0, 0.1) is 5.82 Å². The van der Waals surface area contributed by atoms with E-state index in [9.17, 15) is 22.4 Å². The maximum absolute atomic E-state index is 13.2. The van der Waals surface area contributed by atoms with Gasteiger partial charge in [-0.3, -0.25) is 14.3 Å². The molecule has 214 valence electrons. The monoisotopic (exact) mass is 589 g/mol. The van der Waals surface area contributed by atoms with Gasteiger partial charge in [-0.25, -0.2) is 12.8 Å². The van der Waals surface area contributed by atoms with Gasteiger partial charge in [-0.2, -0.15) is 0 Å². The molecule has 0 radical (unpaired) electrons. The van der Waals surface area contributed by atoms with Gasteiger partial charge in [0.15, 0.2) is 6.61 Å². The van der Waals surface area contributed by atoms with Crippen LogP contribution in [0.1, 0.15) is 38.7 Å². The average molecular weight is 590 g/mol. The van der Waals surface area contributed by atoms with Crippen molar-refractivity contribution in [2.45, 2.75) is 50.6 Å². The molecule has 0 aliphatic carbocycles. The Morgan fingerprint density at radius 2 is 1.62 bits per heavy atom. The fourth-order valence-electron chi connectivity index (χ4n) is 3.78. The third-order valence-corrected chi connectivity index (χ3v) is 7.75. The minimum absolute atomic E-state index is 0.0340. The summed E-state index contributed by atoms with van der Waals surface area (Å²) in [6, 6.07) is 16.7. The van der Waals surface area contributed by atoms with Crippen molar-refractivity contribution in [2.75, 3.05) is 17.9 Å². The zero-order valence-corrected chi connectivity index (χ0v) is 24.0. The van der Waals surface area contributed by atoms with Crippen molar-refractivity contribution in [3.63, 3.8) is 0 Å². The lowest BCUT2D eigenvalue weighted by Crippen LogP contribution is -2.49. The van der Waals surface area contributed by atoms with E-state index in [0.717, 1.165) is 37.0 Å². The maximum atomic E-state index is 13.2. The minimum atomic E-state index is -3.91. The Hall–Kier alpha value is -3.63. The van der Waals surface area contributed by atoms with Crippen LogP contribution in [0.25, 0.3) is 0 Å². The largest absolute Gasteiger partial charge is 0.484 e. The summed E-state index contributed by atoms with van der Waals surface area (Å²) in [7, 11) is -3.91. The van der Waals surface area contributed by atoms with Crippen LogP contribution in [0.5, 0.6) is 5.75 Å². The summed E-state index contributed by atoms with van der Waals surface area (Å²) in [5, 5.41) is 3.45. The third-order valence-electron chi connectivity index (χ3n) is 6.11. The lowest BCUT2D eigenvalue weighted by Gasteiger charge is -2.28. The topological polar surface area (TPSA) is 105 Å². The summed E-state index contributed by atoms with van der Waals surface area (Å²) < 4.78 is 46.4. The smallest absolute Gasteiger partial charge is 0.261 e. The molecule has 2 amide bonds. The van der Waals surface area contributed by atoms with Crippen molar-refractivity contribution in [2.24, 2.45) is 0 Å². The molecule has 8 nitrogen and oxygen atoms in total. The quantitative estimate of drug-likeness (QED) is 0.246. The van der Waals surface area contributed by atoms with E-state index in [0.29, 0.717) is 11.6 Å². The summed E-state index contributed by atoms with van der Waals surface area (Å²) in [5.41, 5.74) is 1.02. The van der Waals surface area contributed by atoms with Crippen LogP contribution < -0.4 is 14.8 Å². The van der Waals surface area contributed by atoms with E-state index in [1.807, 2.05) is 0 Å². The summed E-state index contributed by atoms with van der Waals surface area (Å²) in [6.45, 7) is 4.09. The summed E-state index contributed by atoms with van der Waals surface area (Å²) in [5.74, 6) is -0.882. The van der Waals surface area contributed by atoms with Gasteiger partial charge in [0.1, 0.15) is 17.6 Å². The molecule has 0 spiro atoms. The fourth-order valence-corrected chi connectivity index (χ4v) is 4.96. The van der Waals surface area contributed by atoms with Crippen molar-refractivity contribution in [1.29, 1.82) is 0 Å². The van der Waals surface area contributed by atoms with Gasteiger partial charge >= 0.3 is 0 Å². The maximum Gasteiger partial charge on any atom is 0.261 e. The molecule has 0 aliphatic rings. The number of rotatable bonds is 14. The van der Waals surface area contributed by atoms with Crippen LogP contribution in [0.2, 0.25) is 5.02 Å². The number of anilines is 1. The Morgan fingerprint density at radius 1 is 0.975 bits per heavy atom. The number of benzene rings is 3. The molecule has 3 rings (SSSR count). The van der Waals surface area contributed by atoms with Gasteiger partial charge in [0.25, 0.3) is 15.9 Å². The van der Waals surface area contributed by atoms with Gasteiger partial charge < -0.3 is 15.0 Å². The molecular weight excluding hydrogens is 557 g/mol. The third kappa shape index (κ3) is 9.24. The highest BCUT2D eigenvalue weighted by Gasteiger charge is 2.26. The Bertz CT molecular complexity index is 1370. The van der Waals surface area contributed by atoms with Gasteiger partial charge in [0.05, 0.1) is 4.90 Å². The van der Waals surface area contributed by atoms with Crippen molar-refractivity contribution in [1.82, 2.24) is 10.2 Å². The van der Waals surface area contributed by atoms with Gasteiger partial charge in [0, 0.05) is 23.8 Å². The molecule has 0 aromatic heterocycles. The van der Waals surface area contributed by atoms with E-state index in [2.05, 4.69) is 17.0 Å². The highest BCUT2D eigenvalue weighted by Crippen LogP contribution is 2.20. The predicted molar refractivity (Wildman–Crippen MR) is 153 cm³/mol. The lowest BCUT2D eigenvalue weighted by atomic mass is 10.1. The van der Waals surface area contributed by atoms with E-state index in [1.54, 1.807) is 31.2 Å². The molecule has 1 unspecified atom stereocenters. The number of nitrogens with one attached hydrogen (secondary N) is 2. The molecule has 0 saturated carbocycles. The van der Waals surface area contributed by atoms with Gasteiger partial charge in [0.2, 0.25) is 5.91 Å². The van der Waals surface area contributed by atoms with Crippen LogP contribution in [0.4, 0.5) is 10.1 Å². The summed E-state index contributed by atoms with van der Waals surface area (Å²) in [6.07, 6.45) is 2.88. The normalized spacial score (nSPS) is 11.9. The second-order valence-corrected chi connectivity index (χ2v) is 11.3. The average Bonchev–Trinajstić information content (AvgIpc) is 2.94. The first-order chi connectivity index (χ1) is 19.1. The number of halogens is 2. The highest BCUT2D eigenvalue weighted by molar-refractivity contribution is 7.92. The van der Waals surface area contributed by atoms with Crippen molar-refractivity contribution < 1.29 is 27.1 Å². The standard InChI is InChI=1S/C29H33ClFN3O5S/c1-3-4-5-18-32-29(36)21(2)34(19-22-6-8-23(30)9-7-22)28(35)20-39-26-14-16-27(17-15-26)40(37,38)33-25-12-10-24(31)11-13-25/h6-17,21,33H,3-5,18-20H2,1-2H3,(H,32,36). The van der Waals surface area contributed by atoms with E-state index < -0.39 is 27.8 Å². The first kappa shape index (κ1) is 30.9. The molecule has 0 saturated heterocycles. The number of carbonyl (C=O) groups is 2. The van der Waals surface area contributed by atoms with Crippen LogP contribution in [-0.4, -0.2) is 44.3 Å². The Balaban J connectivity index is 1.66. The number of amides is 2. The number of hydrogen-bond donors (Lipinski definition) is 2. The molecule has 0 fully saturated rings. The molecule has 11 heteroatoms. The first-order valence-electron chi connectivity index (χ1n) is 12.9. The number of nitrogens with zero attached hydrogens (tertiary/aromatic N) is 1. The van der Waals surface area contributed by atoms with Gasteiger partial charge in [-0.05, 0) is 79.6 Å². The Labute approximate surface area is 239 Å². The number of sulfonamides is 1. The summed E-state index contributed by atoms with van der Waals surface area (Å²) >= 11 is 5.99. The zero-order chi connectivity index (χ0) is 29.1. The van der Waals surface area contributed by atoms with Crippen molar-refractivity contribution >= 4 is 39.1 Å². The Kier molecular flexibility index (Phi) is 11.3. The lowest BCUT2D eigenvalue weighted by molar-refractivity contribution is -0.142. The molecule has 0 bridgehead atoms. The second kappa shape index (κ2) is 14.7. The number of ether oxygens (including phenoxy) is 1. The molecule has 2 N–H and O–H groups in total. The van der Waals surface area contributed by atoms with Crippen LogP contribution in [-0.2, 0) is 26.2 Å². The second-order valence-electron chi connectivity index (χ2n) is 9.19. The Morgan fingerprint density at radius 3 is 2.25 bits per heavy atom. The molecular formula is C29H33ClFN3O5S. The van der Waals surface area contributed by atoms with Crippen molar-refractivity contribution in [3.05, 3.63) is 89.2 Å². The van der Waals surface area contributed by atoms with E-state index in [4.69, 9.17) is 16.3 Å². The molecule has 3 aromatic carbocycles.